The zero-order chi connectivity index (χ0) is 10.7. The Kier molecular flexibility index (Phi) is 5.14. The van der Waals surface area contributed by atoms with Crippen molar-refractivity contribution in [1.29, 1.82) is 0 Å². The van der Waals surface area contributed by atoms with Crippen LogP contribution < -0.4 is 10.6 Å². The number of rotatable bonds is 2. The molecule has 1 aliphatic rings. The molecule has 1 atom stereocenters. The molecule has 1 aromatic rings. The minimum Gasteiger partial charge on any atom is -0.366 e. The number of morpholine rings is 1. The highest BCUT2D eigenvalue weighted by molar-refractivity contribution is 7.13. The highest BCUT2D eigenvalue weighted by Crippen LogP contribution is 2.14. The molecule has 0 unspecified atom stereocenters. The van der Waals surface area contributed by atoms with Gasteiger partial charge in [-0.25, -0.2) is 4.98 Å². The van der Waals surface area contributed by atoms with Gasteiger partial charge in [0.1, 0.15) is 6.10 Å². The number of hydrogen-bond donors (Lipinski definition) is 2. The Morgan fingerprint density at radius 3 is 3.12 bits per heavy atom. The van der Waals surface area contributed by atoms with E-state index in [0.717, 1.165) is 12.2 Å². The monoisotopic (exact) mass is 263 g/mol. The van der Waals surface area contributed by atoms with Crippen molar-refractivity contribution in [3.05, 3.63) is 11.1 Å². The molecule has 2 rings (SSSR count). The van der Waals surface area contributed by atoms with Crippen LogP contribution in [0.2, 0.25) is 0 Å². The molecular formula is C9H14ClN3O2S. The van der Waals surface area contributed by atoms with E-state index in [1.165, 1.54) is 11.3 Å². The molecule has 90 valence electrons. The van der Waals surface area contributed by atoms with Crippen molar-refractivity contribution < 1.29 is 9.53 Å². The smallest absolute Gasteiger partial charge is 0.256 e. The number of aryl methyl sites for hydroxylation is 1. The SMILES string of the molecule is Cc1csc(NC(=O)[C@H]2CNCCO2)n1.Cl. The minimum absolute atomic E-state index is 0. The van der Waals surface area contributed by atoms with E-state index in [9.17, 15) is 4.79 Å². The highest BCUT2D eigenvalue weighted by Gasteiger charge is 2.22. The van der Waals surface area contributed by atoms with Gasteiger partial charge in [-0.05, 0) is 6.92 Å². The lowest BCUT2D eigenvalue weighted by atomic mass is 10.3. The zero-order valence-corrected chi connectivity index (χ0v) is 10.5. The number of carbonyl (C=O) groups excluding carboxylic acids is 1. The molecule has 0 radical (unpaired) electrons. The lowest BCUT2D eigenvalue weighted by Gasteiger charge is -2.22. The second kappa shape index (κ2) is 6.15. The summed E-state index contributed by atoms with van der Waals surface area (Å²) in [6.45, 7) is 3.84. The summed E-state index contributed by atoms with van der Waals surface area (Å²) in [7, 11) is 0. The topological polar surface area (TPSA) is 63.2 Å². The van der Waals surface area contributed by atoms with Crippen LogP contribution in [0.15, 0.2) is 5.38 Å². The van der Waals surface area contributed by atoms with Crippen molar-refractivity contribution in [3.63, 3.8) is 0 Å². The van der Waals surface area contributed by atoms with Crippen molar-refractivity contribution in [2.75, 3.05) is 25.0 Å². The molecule has 0 bridgehead atoms. The maximum atomic E-state index is 11.7. The molecule has 7 heteroatoms. The summed E-state index contributed by atoms with van der Waals surface area (Å²) in [6, 6.07) is 0. The quantitative estimate of drug-likeness (QED) is 0.829. The maximum absolute atomic E-state index is 11.7. The molecule has 2 heterocycles. The number of amides is 1. The Labute approximate surface area is 104 Å². The summed E-state index contributed by atoms with van der Waals surface area (Å²) < 4.78 is 5.32. The molecule has 0 spiro atoms. The van der Waals surface area contributed by atoms with Crippen LogP contribution in [0.3, 0.4) is 0 Å². The van der Waals surface area contributed by atoms with E-state index in [4.69, 9.17) is 4.74 Å². The van der Waals surface area contributed by atoms with E-state index in [1.807, 2.05) is 12.3 Å². The first kappa shape index (κ1) is 13.4. The lowest BCUT2D eigenvalue weighted by molar-refractivity contribution is -0.128. The molecule has 0 saturated carbocycles. The van der Waals surface area contributed by atoms with Gasteiger partial charge in [0.25, 0.3) is 5.91 Å². The maximum Gasteiger partial charge on any atom is 0.256 e. The van der Waals surface area contributed by atoms with E-state index >= 15 is 0 Å². The molecule has 1 fully saturated rings. The fourth-order valence-electron chi connectivity index (χ4n) is 1.33. The third-order valence-electron chi connectivity index (χ3n) is 2.07. The van der Waals surface area contributed by atoms with Crippen LogP contribution in [0.25, 0.3) is 0 Å². The van der Waals surface area contributed by atoms with E-state index in [1.54, 1.807) is 0 Å². The molecule has 1 aromatic heterocycles. The normalized spacial score (nSPS) is 19.9. The average molecular weight is 264 g/mol. The fraction of sp³-hybridized carbons (Fsp3) is 0.556. The van der Waals surface area contributed by atoms with Crippen LogP contribution in [-0.4, -0.2) is 36.7 Å². The summed E-state index contributed by atoms with van der Waals surface area (Å²) in [6.07, 6.45) is -0.400. The minimum atomic E-state index is -0.400. The van der Waals surface area contributed by atoms with Crippen molar-refractivity contribution in [3.8, 4) is 0 Å². The summed E-state index contributed by atoms with van der Waals surface area (Å²) in [4.78, 5) is 15.8. The van der Waals surface area contributed by atoms with Crippen LogP contribution in [0.1, 0.15) is 5.69 Å². The molecule has 2 N–H and O–H groups in total. The zero-order valence-electron chi connectivity index (χ0n) is 8.86. The Bertz CT molecular complexity index is 352. The molecule has 0 aromatic carbocycles. The van der Waals surface area contributed by atoms with Crippen LogP contribution in [0.4, 0.5) is 5.13 Å². The summed E-state index contributed by atoms with van der Waals surface area (Å²) in [5.74, 6) is -0.128. The number of anilines is 1. The molecule has 1 aliphatic heterocycles. The summed E-state index contributed by atoms with van der Waals surface area (Å²) in [5.41, 5.74) is 0.915. The van der Waals surface area contributed by atoms with Crippen molar-refractivity contribution in [2.24, 2.45) is 0 Å². The standard InChI is InChI=1S/C9H13N3O2S.ClH/c1-6-5-15-9(11-6)12-8(13)7-4-10-2-3-14-7;/h5,7,10H,2-4H2,1H3,(H,11,12,13);1H/t7-;/m1./s1. The first-order chi connectivity index (χ1) is 7.25. The average Bonchev–Trinajstić information content (AvgIpc) is 2.65. The highest BCUT2D eigenvalue weighted by atomic mass is 35.5. The Hall–Kier alpha value is -0.690. The van der Waals surface area contributed by atoms with Gasteiger partial charge in [-0.2, -0.15) is 0 Å². The number of carbonyl (C=O) groups is 1. The fourth-order valence-corrected chi connectivity index (χ4v) is 2.02. The Balaban J connectivity index is 0.00000128. The number of nitrogens with zero attached hydrogens (tertiary/aromatic N) is 1. The van der Waals surface area contributed by atoms with Gasteiger partial charge in [-0.3, -0.25) is 10.1 Å². The van der Waals surface area contributed by atoms with Crippen molar-refractivity contribution in [1.82, 2.24) is 10.3 Å². The second-order valence-electron chi connectivity index (χ2n) is 3.35. The first-order valence-electron chi connectivity index (χ1n) is 4.81. The van der Waals surface area contributed by atoms with Gasteiger partial charge in [-0.1, -0.05) is 0 Å². The molecule has 0 aliphatic carbocycles. The van der Waals surface area contributed by atoms with E-state index in [2.05, 4.69) is 15.6 Å². The van der Waals surface area contributed by atoms with E-state index in [0.29, 0.717) is 18.3 Å². The molecule has 1 saturated heterocycles. The van der Waals surface area contributed by atoms with Gasteiger partial charge in [0.05, 0.1) is 12.3 Å². The largest absolute Gasteiger partial charge is 0.366 e. The Morgan fingerprint density at radius 1 is 1.75 bits per heavy atom. The first-order valence-corrected chi connectivity index (χ1v) is 5.69. The van der Waals surface area contributed by atoms with Crippen molar-refractivity contribution >= 4 is 34.8 Å². The number of thiazole rings is 1. The van der Waals surface area contributed by atoms with Gasteiger partial charge in [0.15, 0.2) is 5.13 Å². The molecule has 5 nitrogen and oxygen atoms in total. The molecule has 16 heavy (non-hydrogen) atoms. The number of nitrogens with one attached hydrogen (secondary N) is 2. The van der Waals surface area contributed by atoms with Crippen LogP contribution in [0.5, 0.6) is 0 Å². The third kappa shape index (κ3) is 3.41. The number of ether oxygens (including phenoxy) is 1. The van der Waals surface area contributed by atoms with Gasteiger partial charge >= 0.3 is 0 Å². The summed E-state index contributed by atoms with van der Waals surface area (Å²) in [5, 5.41) is 8.37. The molecular weight excluding hydrogens is 250 g/mol. The second-order valence-corrected chi connectivity index (χ2v) is 4.20. The molecule has 1 amide bonds. The van der Waals surface area contributed by atoms with Gasteiger partial charge in [0, 0.05) is 18.5 Å². The Morgan fingerprint density at radius 2 is 2.56 bits per heavy atom. The van der Waals surface area contributed by atoms with Gasteiger partial charge in [-0.15, -0.1) is 23.7 Å². The van der Waals surface area contributed by atoms with Crippen LogP contribution in [-0.2, 0) is 9.53 Å². The van der Waals surface area contributed by atoms with Crippen LogP contribution >= 0.6 is 23.7 Å². The van der Waals surface area contributed by atoms with Gasteiger partial charge in [0.2, 0.25) is 0 Å². The van der Waals surface area contributed by atoms with E-state index in [-0.39, 0.29) is 18.3 Å². The lowest BCUT2D eigenvalue weighted by Crippen LogP contribution is -2.45. The predicted molar refractivity (Wildman–Crippen MR) is 65.3 cm³/mol. The van der Waals surface area contributed by atoms with Gasteiger partial charge < -0.3 is 10.1 Å². The third-order valence-corrected chi connectivity index (χ3v) is 2.94. The van der Waals surface area contributed by atoms with Crippen LogP contribution in [0, 0.1) is 6.92 Å². The predicted octanol–water partition coefficient (Wildman–Crippen LogP) is 0.800. The number of aromatic nitrogens is 1. The summed E-state index contributed by atoms with van der Waals surface area (Å²) >= 11 is 1.42. The van der Waals surface area contributed by atoms with E-state index < -0.39 is 6.10 Å². The number of halogens is 1. The van der Waals surface area contributed by atoms with Crippen molar-refractivity contribution in [2.45, 2.75) is 13.0 Å². The number of hydrogen-bond acceptors (Lipinski definition) is 5.